The van der Waals surface area contributed by atoms with Crippen molar-refractivity contribution >= 4 is 61.5 Å². The predicted octanol–water partition coefficient (Wildman–Crippen LogP) is 8.07. The summed E-state index contributed by atoms with van der Waals surface area (Å²) in [7, 11) is -2.00. The Morgan fingerprint density at radius 3 is 1.35 bits per heavy atom. The standard InChI is InChI=1S/C30H26Si.2CH3.Zr/c1-19-17-23-15-13-21-9-5-7-11-25(21)27(23)29(19)31(3,4)30-20(2)18-24-16-14-22-10-6-8-12-26(22)28(24)30;;;/h5-18H,1-4H3;2*1H3;/q-2;2*-1;+4. The Hall–Kier alpha value is -2.28. The Kier molecular flexibility index (Phi) is 7.28. The van der Waals surface area contributed by atoms with Crippen LogP contribution >= 0.6 is 0 Å². The van der Waals surface area contributed by atoms with E-state index in [9.17, 15) is 0 Å². The van der Waals surface area contributed by atoms with Crippen LogP contribution in [-0.2, 0) is 26.2 Å². The number of benzene rings is 4. The van der Waals surface area contributed by atoms with Crippen LogP contribution in [0.25, 0.3) is 43.1 Å². The van der Waals surface area contributed by atoms with Gasteiger partial charge in [-0.05, 0) is 10.8 Å². The van der Waals surface area contributed by atoms with E-state index in [0.717, 1.165) is 0 Å². The molecule has 0 aliphatic carbocycles. The first kappa shape index (κ1) is 26.3. The Morgan fingerprint density at radius 2 is 0.941 bits per heavy atom. The molecular weight excluding hydrogens is 504 g/mol. The molecule has 0 bridgehead atoms. The molecule has 0 aliphatic rings. The van der Waals surface area contributed by atoms with Crippen molar-refractivity contribution in [2.24, 2.45) is 0 Å². The quantitative estimate of drug-likeness (QED) is 0.155. The van der Waals surface area contributed by atoms with E-state index >= 15 is 0 Å². The minimum Gasteiger partial charge on any atom is -0.358 e. The molecule has 6 rings (SSSR count). The van der Waals surface area contributed by atoms with Gasteiger partial charge < -0.3 is 14.9 Å². The van der Waals surface area contributed by atoms with Gasteiger partial charge in [-0.3, -0.25) is 0 Å². The maximum Gasteiger partial charge on any atom is 4.00 e. The zero-order valence-electron chi connectivity index (χ0n) is 21.1. The van der Waals surface area contributed by atoms with Gasteiger partial charge in [0.1, 0.15) is 0 Å². The number of fused-ring (bicyclic) bond motifs is 6. The van der Waals surface area contributed by atoms with Crippen LogP contribution in [0.15, 0.2) is 84.9 Å². The monoisotopic (exact) mass is 534 g/mol. The van der Waals surface area contributed by atoms with E-state index < -0.39 is 8.07 Å². The fraction of sp³-hybridized carbons (Fsp3) is 0.125. The molecule has 0 unspecified atom stereocenters. The summed E-state index contributed by atoms with van der Waals surface area (Å²) in [6, 6.07) is 31.7. The van der Waals surface area contributed by atoms with E-state index in [2.05, 4.69) is 112 Å². The van der Waals surface area contributed by atoms with Crippen molar-refractivity contribution in [3.63, 3.8) is 0 Å². The first-order chi connectivity index (χ1) is 15.0. The Bertz CT molecular complexity index is 1510. The second kappa shape index (κ2) is 9.40. The normalized spacial score (nSPS) is 11.4. The molecule has 0 radical (unpaired) electrons. The first-order valence-electron chi connectivity index (χ1n) is 11.1. The summed E-state index contributed by atoms with van der Waals surface area (Å²) in [5, 5.41) is 14.4. The van der Waals surface area contributed by atoms with E-state index in [1.165, 1.54) is 54.2 Å². The van der Waals surface area contributed by atoms with Gasteiger partial charge in [-0.2, -0.15) is 10.4 Å². The average Bonchev–Trinajstić information content (AvgIpc) is 3.30. The summed E-state index contributed by atoms with van der Waals surface area (Å²) in [4.78, 5) is 0. The van der Waals surface area contributed by atoms with Crippen LogP contribution in [0.4, 0.5) is 0 Å². The molecule has 0 atom stereocenters. The molecule has 6 aromatic rings. The third-order valence-electron chi connectivity index (χ3n) is 7.21. The smallest absolute Gasteiger partial charge is 0.358 e. The van der Waals surface area contributed by atoms with E-state index in [1.54, 1.807) is 10.4 Å². The molecule has 0 spiro atoms. The van der Waals surface area contributed by atoms with Crippen molar-refractivity contribution in [2.75, 3.05) is 0 Å². The predicted molar refractivity (Wildman–Crippen MR) is 153 cm³/mol. The van der Waals surface area contributed by atoms with Gasteiger partial charge in [0, 0.05) is 8.07 Å². The van der Waals surface area contributed by atoms with Gasteiger partial charge >= 0.3 is 26.2 Å². The second-order valence-corrected chi connectivity index (χ2v) is 13.8. The van der Waals surface area contributed by atoms with E-state index in [1.807, 2.05) is 0 Å². The number of aryl methyl sites for hydroxylation is 2. The van der Waals surface area contributed by atoms with Gasteiger partial charge in [0.2, 0.25) is 0 Å². The van der Waals surface area contributed by atoms with Crippen LogP contribution in [0, 0.1) is 28.7 Å². The molecule has 0 aliphatic heterocycles. The largest absolute Gasteiger partial charge is 4.00 e. The molecule has 6 aromatic carbocycles. The topological polar surface area (TPSA) is 0 Å². The Balaban J connectivity index is 0.00000108. The van der Waals surface area contributed by atoms with Crippen LogP contribution in [0.5, 0.6) is 0 Å². The molecule has 0 saturated carbocycles. The molecule has 0 nitrogen and oxygen atoms in total. The maximum absolute atomic E-state index is 2.56. The van der Waals surface area contributed by atoms with Gasteiger partial charge in [0.15, 0.2) is 0 Å². The minimum absolute atomic E-state index is 0. The Morgan fingerprint density at radius 1 is 0.559 bits per heavy atom. The Labute approximate surface area is 224 Å². The summed E-state index contributed by atoms with van der Waals surface area (Å²) < 4.78 is 0. The molecule has 0 aromatic heterocycles. The maximum atomic E-state index is 2.56. The van der Waals surface area contributed by atoms with Crippen LogP contribution in [-0.4, -0.2) is 8.07 Å². The summed E-state index contributed by atoms with van der Waals surface area (Å²) in [6.07, 6.45) is 0. The van der Waals surface area contributed by atoms with Gasteiger partial charge in [0.05, 0.1) is 0 Å². The fourth-order valence-corrected chi connectivity index (χ4v) is 10.3. The summed E-state index contributed by atoms with van der Waals surface area (Å²) >= 11 is 0. The van der Waals surface area contributed by atoms with Crippen molar-refractivity contribution in [1.82, 2.24) is 0 Å². The molecule has 168 valence electrons. The van der Waals surface area contributed by atoms with Crippen molar-refractivity contribution in [2.45, 2.75) is 26.9 Å². The van der Waals surface area contributed by atoms with Gasteiger partial charge in [0.25, 0.3) is 0 Å². The molecule has 34 heavy (non-hydrogen) atoms. The third-order valence-corrected chi connectivity index (χ3v) is 11.0. The molecule has 2 heteroatoms. The molecule has 0 saturated heterocycles. The van der Waals surface area contributed by atoms with Crippen molar-refractivity contribution < 1.29 is 26.2 Å². The number of hydrogen-bond acceptors (Lipinski definition) is 0. The minimum atomic E-state index is -2.00. The molecule has 0 amide bonds. The SMILES string of the molecule is Cc1[cH-]c2ccc3ccccc3c2c1[Si](C)(C)c1c(C)[cH-]c2ccc3ccccc3c12.[CH3-].[CH3-].[Zr+4]. The first-order valence-corrected chi connectivity index (χ1v) is 14.1. The van der Waals surface area contributed by atoms with E-state index in [0.29, 0.717) is 0 Å². The van der Waals surface area contributed by atoms with Crippen molar-refractivity contribution in [1.29, 1.82) is 0 Å². The van der Waals surface area contributed by atoms with Crippen LogP contribution in [0.2, 0.25) is 13.1 Å². The van der Waals surface area contributed by atoms with Crippen LogP contribution in [0.1, 0.15) is 11.1 Å². The molecular formula is C32H32SiZr. The fourth-order valence-electron chi connectivity index (χ4n) is 6.12. The van der Waals surface area contributed by atoms with Crippen molar-refractivity contribution in [3.8, 4) is 0 Å². The van der Waals surface area contributed by atoms with Crippen LogP contribution in [0.3, 0.4) is 0 Å². The van der Waals surface area contributed by atoms with Gasteiger partial charge in [-0.1, -0.05) is 98.4 Å². The summed E-state index contributed by atoms with van der Waals surface area (Å²) in [5.41, 5.74) is 2.88. The second-order valence-electron chi connectivity index (χ2n) is 9.53. The summed E-state index contributed by atoms with van der Waals surface area (Å²) in [6.45, 7) is 9.75. The molecule has 0 heterocycles. The third kappa shape index (κ3) is 3.67. The van der Waals surface area contributed by atoms with E-state index in [4.69, 9.17) is 0 Å². The van der Waals surface area contributed by atoms with E-state index in [-0.39, 0.29) is 41.1 Å². The zero-order chi connectivity index (χ0) is 21.3. The zero-order valence-corrected chi connectivity index (χ0v) is 24.5. The van der Waals surface area contributed by atoms with Crippen LogP contribution < -0.4 is 10.4 Å². The number of hydrogen-bond donors (Lipinski definition) is 0. The van der Waals surface area contributed by atoms with Crippen molar-refractivity contribution in [3.05, 3.63) is 111 Å². The van der Waals surface area contributed by atoms with Gasteiger partial charge in [-0.25, -0.2) is 0 Å². The summed E-state index contributed by atoms with van der Waals surface area (Å²) in [5.74, 6) is 0. The number of rotatable bonds is 2. The average molecular weight is 536 g/mol. The molecule has 0 N–H and O–H groups in total. The molecule has 0 fully saturated rings. The van der Waals surface area contributed by atoms with Gasteiger partial charge in [-0.15, -0.1) is 56.9 Å².